The number of likely N-dealkylation sites (tertiary alicyclic amines) is 1. The number of primary sulfonamides is 1. The van der Waals surface area contributed by atoms with Gasteiger partial charge in [-0.05, 0) is 57.6 Å². The number of hydrogen-bond donors (Lipinski definition) is 3. The molecule has 0 spiro atoms. The number of nitrogen functional groups attached to an aromatic ring is 1. The van der Waals surface area contributed by atoms with Crippen molar-refractivity contribution in [2.75, 3.05) is 31.2 Å². The van der Waals surface area contributed by atoms with E-state index < -0.39 is 10.0 Å². The highest BCUT2D eigenvalue weighted by Gasteiger charge is 2.20. The molecular formula is C13H22N4O2S. The summed E-state index contributed by atoms with van der Waals surface area (Å²) in [5, 5.41) is 8.63. The Bertz CT molecular complexity index is 593. The van der Waals surface area contributed by atoms with Crippen LogP contribution in [0.5, 0.6) is 0 Å². The Kier molecular flexibility index (Phi) is 4.22. The fraction of sp³-hybridized carbons (Fsp3) is 0.538. The third kappa shape index (κ3) is 3.41. The van der Waals surface area contributed by atoms with Crippen LogP contribution in [0.1, 0.15) is 18.4 Å². The van der Waals surface area contributed by atoms with Crippen LogP contribution < -0.4 is 16.2 Å². The van der Waals surface area contributed by atoms with Gasteiger partial charge in [-0.3, -0.25) is 0 Å². The van der Waals surface area contributed by atoms with Gasteiger partial charge in [0.1, 0.15) is 0 Å². The minimum atomic E-state index is -3.76. The molecule has 112 valence electrons. The smallest absolute Gasteiger partial charge is 0.238 e. The van der Waals surface area contributed by atoms with Gasteiger partial charge in [0.15, 0.2) is 0 Å². The van der Waals surface area contributed by atoms with Gasteiger partial charge in [0.05, 0.1) is 4.90 Å². The van der Waals surface area contributed by atoms with Gasteiger partial charge in [0, 0.05) is 17.4 Å². The van der Waals surface area contributed by atoms with E-state index in [1.54, 1.807) is 13.0 Å². The number of benzene rings is 1. The zero-order valence-electron chi connectivity index (χ0n) is 11.9. The van der Waals surface area contributed by atoms with Crippen LogP contribution in [0.3, 0.4) is 0 Å². The molecule has 5 N–H and O–H groups in total. The van der Waals surface area contributed by atoms with Crippen molar-refractivity contribution in [1.82, 2.24) is 4.90 Å². The quantitative estimate of drug-likeness (QED) is 0.714. The number of nitrogens with one attached hydrogen (secondary N) is 1. The predicted molar refractivity (Wildman–Crippen MR) is 81.1 cm³/mol. The zero-order chi connectivity index (χ0) is 14.9. The first-order valence-corrected chi connectivity index (χ1v) is 8.20. The van der Waals surface area contributed by atoms with Crippen LogP contribution in [0.25, 0.3) is 0 Å². The fourth-order valence-electron chi connectivity index (χ4n) is 2.53. The highest BCUT2D eigenvalue weighted by Crippen LogP contribution is 2.27. The monoisotopic (exact) mass is 298 g/mol. The van der Waals surface area contributed by atoms with Gasteiger partial charge >= 0.3 is 0 Å². The normalized spacial score (nSPS) is 18.1. The molecule has 1 aliphatic heterocycles. The SMILES string of the molecule is Cc1c(NC2CCN(C)CC2)cc(N)cc1S(N)(=O)=O. The van der Waals surface area contributed by atoms with E-state index in [-0.39, 0.29) is 4.90 Å². The first-order chi connectivity index (χ1) is 9.27. The minimum Gasteiger partial charge on any atom is -0.399 e. The topological polar surface area (TPSA) is 101 Å². The summed E-state index contributed by atoms with van der Waals surface area (Å²) in [4.78, 5) is 2.37. The molecule has 1 aliphatic rings. The van der Waals surface area contributed by atoms with E-state index in [1.807, 2.05) is 0 Å². The number of sulfonamides is 1. The Balaban J connectivity index is 2.26. The summed E-state index contributed by atoms with van der Waals surface area (Å²) in [6.07, 6.45) is 2.05. The number of nitrogens with zero attached hydrogens (tertiary/aromatic N) is 1. The van der Waals surface area contributed by atoms with E-state index in [0.717, 1.165) is 31.6 Å². The Labute approximate surface area is 120 Å². The highest BCUT2D eigenvalue weighted by atomic mass is 32.2. The largest absolute Gasteiger partial charge is 0.399 e. The molecule has 0 saturated carbocycles. The van der Waals surface area contributed by atoms with E-state index in [9.17, 15) is 8.42 Å². The van der Waals surface area contributed by atoms with Gasteiger partial charge in [0.25, 0.3) is 0 Å². The third-order valence-electron chi connectivity index (χ3n) is 3.77. The Morgan fingerprint density at radius 3 is 2.45 bits per heavy atom. The van der Waals surface area contributed by atoms with Crippen molar-refractivity contribution in [2.24, 2.45) is 5.14 Å². The van der Waals surface area contributed by atoms with Crippen LogP contribution in [0.4, 0.5) is 11.4 Å². The summed E-state index contributed by atoms with van der Waals surface area (Å²) in [6, 6.07) is 3.51. The number of piperidine rings is 1. The Hall–Kier alpha value is -1.31. The molecule has 0 radical (unpaired) electrons. The third-order valence-corrected chi connectivity index (χ3v) is 4.80. The average molecular weight is 298 g/mol. The summed E-state index contributed by atoms with van der Waals surface area (Å²) in [6.45, 7) is 3.80. The standard InChI is InChI=1S/C13H22N4O2S/c1-9-12(16-11-3-5-17(2)6-4-11)7-10(14)8-13(9)20(15,18)19/h7-8,11,16H,3-6,14H2,1-2H3,(H2,15,18,19). The molecule has 1 saturated heterocycles. The highest BCUT2D eigenvalue weighted by molar-refractivity contribution is 7.89. The first-order valence-electron chi connectivity index (χ1n) is 6.65. The molecule has 0 amide bonds. The second-order valence-corrected chi connectivity index (χ2v) is 6.99. The van der Waals surface area contributed by atoms with E-state index in [2.05, 4.69) is 17.3 Å². The molecule has 0 atom stereocenters. The van der Waals surface area contributed by atoms with Gasteiger partial charge < -0.3 is 16.0 Å². The number of hydrogen-bond acceptors (Lipinski definition) is 5. The number of nitrogens with two attached hydrogens (primary N) is 2. The molecule has 6 nitrogen and oxygen atoms in total. The van der Waals surface area contributed by atoms with Gasteiger partial charge in [-0.2, -0.15) is 0 Å². The lowest BCUT2D eigenvalue weighted by atomic mass is 10.0. The summed E-state index contributed by atoms with van der Waals surface area (Å²) in [5.41, 5.74) is 7.56. The van der Waals surface area contributed by atoms with Crippen molar-refractivity contribution in [3.63, 3.8) is 0 Å². The van der Waals surface area contributed by atoms with Crippen molar-refractivity contribution in [3.05, 3.63) is 17.7 Å². The molecule has 1 heterocycles. The van der Waals surface area contributed by atoms with Gasteiger partial charge in [0.2, 0.25) is 10.0 Å². The van der Waals surface area contributed by atoms with Gasteiger partial charge in [-0.25, -0.2) is 13.6 Å². The summed E-state index contributed by atoms with van der Waals surface area (Å²) in [7, 11) is -1.66. The molecule has 1 aromatic rings. The van der Waals surface area contributed by atoms with Crippen LogP contribution in [0.15, 0.2) is 17.0 Å². The molecular weight excluding hydrogens is 276 g/mol. The van der Waals surface area contributed by atoms with E-state index in [0.29, 0.717) is 17.3 Å². The maximum atomic E-state index is 11.6. The van der Waals surface area contributed by atoms with E-state index in [4.69, 9.17) is 10.9 Å². The van der Waals surface area contributed by atoms with Crippen LogP contribution in [-0.4, -0.2) is 39.5 Å². The fourth-order valence-corrected chi connectivity index (χ4v) is 3.36. The number of rotatable bonds is 3. The van der Waals surface area contributed by atoms with Crippen molar-refractivity contribution in [3.8, 4) is 0 Å². The molecule has 0 bridgehead atoms. The number of anilines is 2. The molecule has 1 fully saturated rings. The predicted octanol–water partition coefficient (Wildman–Crippen LogP) is 0.731. The Morgan fingerprint density at radius 2 is 1.90 bits per heavy atom. The first kappa shape index (κ1) is 15.1. The van der Waals surface area contributed by atoms with Gasteiger partial charge in [-0.1, -0.05) is 0 Å². The lowest BCUT2D eigenvalue weighted by Gasteiger charge is -2.30. The molecule has 7 heteroatoms. The zero-order valence-corrected chi connectivity index (χ0v) is 12.7. The van der Waals surface area contributed by atoms with Crippen molar-refractivity contribution in [1.29, 1.82) is 0 Å². The van der Waals surface area contributed by atoms with Crippen LogP contribution in [0, 0.1) is 6.92 Å². The van der Waals surface area contributed by atoms with Gasteiger partial charge in [-0.15, -0.1) is 0 Å². The lowest BCUT2D eigenvalue weighted by molar-refractivity contribution is 0.264. The van der Waals surface area contributed by atoms with Crippen molar-refractivity contribution in [2.45, 2.75) is 30.7 Å². The summed E-state index contributed by atoms with van der Waals surface area (Å²) in [5.74, 6) is 0. The summed E-state index contributed by atoms with van der Waals surface area (Å²) >= 11 is 0. The second kappa shape index (κ2) is 5.59. The molecule has 2 rings (SSSR count). The van der Waals surface area contributed by atoms with E-state index >= 15 is 0 Å². The van der Waals surface area contributed by atoms with Crippen molar-refractivity contribution >= 4 is 21.4 Å². The average Bonchev–Trinajstić information content (AvgIpc) is 2.35. The maximum Gasteiger partial charge on any atom is 0.238 e. The van der Waals surface area contributed by atoms with E-state index in [1.165, 1.54) is 6.07 Å². The van der Waals surface area contributed by atoms with Crippen LogP contribution >= 0.6 is 0 Å². The molecule has 0 aliphatic carbocycles. The molecule has 0 unspecified atom stereocenters. The lowest BCUT2D eigenvalue weighted by Crippen LogP contribution is -2.36. The van der Waals surface area contributed by atoms with Crippen LogP contribution in [0.2, 0.25) is 0 Å². The van der Waals surface area contributed by atoms with Crippen molar-refractivity contribution < 1.29 is 8.42 Å². The molecule has 20 heavy (non-hydrogen) atoms. The molecule has 1 aromatic carbocycles. The Morgan fingerprint density at radius 1 is 1.30 bits per heavy atom. The van der Waals surface area contributed by atoms with Crippen LogP contribution in [-0.2, 0) is 10.0 Å². The second-order valence-electron chi connectivity index (χ2n) is 5.46. The molecule has 0 aromatic heterocycles. The minimum absolute atomic E-state index is 0.0907. The maximum absolute atomic E-state index is 11.6. The summed E-state index contributed by atoms with van der Waals surface area (Å²) < 4.78 is 23.2.